The van der Waals surface area contributed by atoms with Crippen molar-refractivity contribution < 1.29 is 4.92 Å². The fourth-order valence-corrected chi connectivity index (χ4v) is 0.731. The second kappa shape index (κ2) is 3.14. The molecule has 59 valence electrons. The van der Waals surface area contributed by atoms with Crippen LogP contribution in [0.15, 0.2) is 12.4 Å². The van der Waals surface area contributed by atoms with Crippen molar-refractivity contribution in [1.82, 2.24) is 9.78 Å². The van der Waals surface area contributed by atoms with Gasteiger partial charge in [-0.3, -0.25) is 14.8 Å². The van der Waals surface area contributed by atoms with Crippen LogP contribution in [0.25, 0.3) is 0 Å². The number of rotatable bonds is 3. The standard InChI is InChI=1S/C6H8N3O2/c1-2-3-8-5-6(4-7-8)9(10)11/h4-5H,1-3H2. The van der Waals surface area contributed by atoms with Gasteiger partial charge in [-0.2, -0.15) is 5.10 Å². The van der Waals surface area contributed by atoms with Crippen molar-refractivity contribution in [1.29, 1.82) is 0 Å². The van der Waals surface area contributed by atoms with Gasteiger partial charge in [-0.1, -0.05) is 6.92 Å². The third-order valence-electron chi connectivity index (χ3n) is 1.22. The van der Waals surface area contributed by atoms with Gasteiger partial charge in [-0.15, -0.1) is 0 Å². The zero-order chi connectivity index (χ0) is 8.27. The molecule has 1 heterocycles. The van der Waals surface area contributed by atoms with Gasteiger partial charge in [0.1, 0.15) is 12.4 Å². The summed E-state index contributed by atoms with van der Waals surface area (Å²) in [6, 6.07) is 0. The van der Waals surface area contributed by atoms with Crippen LogP contribution in [0.2, 0.25) is 0 Å². The number of hydrogen-bond acceptors (Lipinski definition) is 3. The van der Waals surface area contributed by atoms with E-state index in [1.54, 1.807) is 0 Å². The van der Waals surface area contributed by atoms with E-state index in [1.807, 2.05) is 0 Å². The molecular weight excluding hydrogens is 146 g/mol. The Morgan fingerprint density at radius 3 is 3.00 bits per heavy atom. The van der Waals surface area contributed by atoms with Gasteiger partial charge in [0, 0.05) is 6.54 Å². The molecule has 1 aromatic heterocycles. The lowest BCUT2D eigenvalue weighted by Crippen LogP contribution is -1.95. The quantitative estimate of drug-likeness (QED) is 0.482. The molecule has 0 atom stereocenters. The fraction of sp³-hybridized carbons (Fsp3) is 0.333. The number of hydrogen-bond donors (Lipinski definition) is 0. The molecule has 0 aliphatic rings. The lowest BCUT2D eigenvalue weighted by molar-refractivity contribution is -0.385. The molecule has 1 rings (SSSR count). The summed E-state index contributed by atoms with van der Waals surface area (Å²) in [4.78, 5) is 9.69. The molecular formula is C6H8N3O2. The van der Waals surface area contributed by atoms with Crippen LogP contribution < -0.4 is 0 Å². The monoisotopic (exact) mass is 154 g/mol. The Balaban J connectivity index is 2.73. The highest BCUT2D eigenvalue weighted by Crippen LogP contribution is 2.07. The predicted octanol–water partition coefficient (Wildman–Crippen LogP) is 1.02. The Labute approximate surface area is 63.8 Å². The van der Waals surface area contributed by atoms with Crippen LogP contribution in [0, 0.1) is 17.0 Å². The molecule has 0 unspecified atom stereocenters. The molecule has 5 heteroatoms. The number of aromatic nitrogens is 2. The summed E-state index contributed by atoms with van der Waals surface area (Å²) in [5.41, 5.74) is 0.0263. The highest BCUT2D eigenvalue weighted by atomic mass is 16.6. The van der Waals surface area contributed by atoms with E-state index in [4.69, 9.17) is 0 Å². The summed E-state index contributed by atoms with van der Waals surface area (Å²) in [6.45, 7) is 4.22. The van der Waals surface area contributed by atoms with Crippen molar-refractivity contribution in [2.75, 3.05) is 0 Å². The Morgan fingerprint density at radius 1 is 1.82 bits per heavy atom. The smallest absolute Gasteiger partial charge is 0.266 e. The number of nitro groups is 1. The van der Waals surface area contributed by atoms with Gasteiger partial charge in [0.05, 0.1) is 4.92 Å². The molecule has 0 spiro atoms. The Morgan fingerprint density at radius 2 is 2.55 bits per heavy atom. The van der Waals surface area contributed by atoms with Crippen molar-refractivity contribution >= 4 is 5.69 Å². The molecule has 0 aliphatic heterocycles. The molecule has 1 radical (unpaired) electrons. The first-order valence-electron chi connectivity index (χ1n) is 3.20. The number of aryl methyl sites for hydroxylation is 1. The van der Waals surface area contributed by atoms with Crippen LogP contribution in [0.5, 0.6) is 0 Å². The molecule has 0 bridgehead atoms. The first-order valence-corrected chi connectivity index (χ1v) is 3.20. The van der Waals surface area contributed by atoms with E-state index in [-0.39, 0.29) is 5.69 Å². The van der Waals surface area contributed by atoms with E-state index in [0.717, 1.165) is 0 Å². The van der Waals surface area contributed by atoms with E-state index in [1.165, 1.54) is 17.1 Å². The van der Waals surface area contributed by atoms with Gasteiger partial charge in [0.15, 0.2) is 0 Å². The highest BCUT2D eigenvalue weighted by Gasteiger charge is 2.06. The van der Waals surface area contributed by atoms with Crippen LogP contribution >= 0.6 is 0 Å². The van der Waals surface area contributed by atoms with Gasteiger partial charge in [0.2, 0.25) is 0 Å². The average Bonchev–Trinajstić information content (AvgIpc) is 2.37. The third kappa shape index (κ3) is 1.76. The molecule has 0 aromatic carbocycles. The molecule has 0 saturated carbocycles. The number of nitrogens with zero attached hydrogens (tertiary/aromatic N) is 3. The van der Waals surface area contributed by atoms with E-state index >= 15 is 0 Å². The largest absolute Gasteiger partial charge is 0.306 e. The lowest BCUT2D eigenvalue weighted by atomic mass is 10.5. The van der Waals surface area contributed by atoms with Crippen molar-refractivity contribution in [3.63, 3.8) is 0 Å². The molecule has 0 aliphatic carbocycles. The topological polar surface area (TPSA) is 61.0 Å². The fourth-order valence-electron chi connectivity index (χ4n) is 0.731. The molecule has 1 aromatic rings. The van der Waals surface area contributed by atoms with Crippen molar-refractivity contribution in [2.24, 2.45) is 0 Å². The SMILES string of the molecule is [CH2]CCn1cc([N+](=O)[O-])cn1. The van der Waals surface area contributed by atoms with Gasteiger partial charge in [-0.25, -0.2) is 0 Å². The minimum atomic E-state index is -0.466. The first-order chi connectivity index (χ1) is 5.24. The molecule has 0 saturated heterocycles. The van der Waals surface area contributed by atoms with Gasteiger partial charge < -0.3 is 0 Å². The van der Waals surface area contributed by atoms with Gasteiger partial charge in [0.25, 0.3) is 0 Å². The lowest BCUT2D eigenvalue weighted by Gasteiger charge is -1.92. The van der Waals surface area contributed by atoms with Crippen LogP contribution in [-0.4, -0.2) is 14.7 Å². The predicted molar refractivity (Wildman–Crippen MR) is 38.9 cm³/mol. The van der Waals surface area contributed by atoms with E-state index in [0.29, 0.717) is 13.0 Å². The molecule has 0 fully saturated rings. The molecule has 0 amide bonds. The second-order valence-electron chi connectivity index (χ2n) is 2.07. The van der Waals surface area contributed by atoms with Crippen LogP contribution in [0.3, 0.4) is 0 Å². The summed E-state index contributed by atoms with van der Waals surface area (Å²) >= 11 is 0. The van der Waals surface area contributed by atoms with E-state index in [2.05, 4.69) is 12.0 Å². The van der Waals surface area contributed by atoms with Gasteiger partial charge >= 0.3 is 5.69 Å². The van der Waals surface area contributed by atoms with Crippen molar-refractivity contribution in [2.45, 2.75) is 13.0 Å². The molecule has 5 nitrogen and oxygen atoms in total. The van der Waals surface area contributed by atoms with Gasteiger partial charge in [-0.05, 0) is 6.42 Å². The molecule has 11 heavy (non-hydrogen) atoms. The summed E-state index contributed by atoms with van der Waals surface area (Å²) in [5, 5.41) is 13.9. The summed E-state index contributed by atoms with van der Waals surface area (Å²) in [7, 11) is 0. The summed E-state index contributed by atoms with van der Waals surface area (Å²) in [5.74, 6) is 0. The Hall–Kier alpha value is -1.39. The third-order valence-corrected chi connectivity index (χ3v) is 1.22. The second-order valence-corrected chi connectivity index (χ2v) is 2.07. The van der Waals surface area contributed by atoms with Crippen LogP contribution in [0.1, 0.15) is 6.42 Å². The Bertz CT molecular complexity index is 256. The Kier molecular flexibility index (Phi) is 2.20. The zero-order valence-corrected chi connectivity index (χ0v) is 5.93. The van der Waals surface area contributed by atoms with E-state index < -0.39 is 4.92 Å². The minimum absolute atomic E-state index is 0.0263. The highest BCUT2D eigenvalue weighted by molar-refractivity contribution is 5.20. The van der Waals surface area contributed by atoms with Crippen LogP contribution in [0.4, 0.5) is 5.69 Å². The van der Waals surface area contributed by atoms with Crippen molar-refractivity contribution in [3.05, 3.63) is 29.4 Å². The van der Waals surface area contributed by atoms with E-state index in [9.17, 15) is 10.1 Å². The minimum Gasteiger partial charge on any atom is -0.266 e. The maximum absolute atomic E-state index is 10.2. The summed E-state index contributed by atoms with van der Waals surface area (Å²) in [6.07, 6.45) is 3.31. The van der Waals surface area contributed by atoms with Crippen molar-refractivity contribution in [3.8, 4) is 0 Å². The normalized spacial score (nSPS) is 9.91. The maximum atomic E-state index is 10.2. The molecule has 0 N–H and O–H groups in total. The summed E-state index contributed by atoms with van der Waals surface area (Å²) < 4.78 is 1.51. The van der Waals surface area contributed by atoms with Crippen LogP contribution in [-0.2, 0) is 6.54 Å². The zero-order valence-electron chi connectivity index (χ0n) is 5.93. The maximum Gasteiger partial charge on any atom is 0.306 e. The average molecular weight is 154 g/mol. The first kappa shape index (κ1) is 7.71.